The molecule has 2 amide bonds. The Labute approximate surface area is 250 Å². The molecule has 0 heterocycles. The largest absolute Gasteiger partial charge is 0.508 e. The molecule has 0 aliphatic carbocycles. The van der Waals surface area contributed by atoms with Gasteiger partial charge in [-0.2, -0.15) is 11.8 Å². The first-order chi connectivity index (χ1) is 19.8. The van der Waals surface area contributed by atoms with Crippen LogP contribution in [-0.4, -0.2) is 67.8 Å². The van der Waals surface area contributed by atoms with Crippen molar-refractivity contribution in [2.75, 3.05) is 11.5 Å². The first-order valence-corrected chi connectivity index (χ1v) is 15.2. The lowest BCUT2D eigenvalue weighted by molar-refractivity contribution is -0.142. The lowest BCUT2D eigenvalue weighted by atomic mass is 9.89. The van der Waals surface area contributed by atoms with Crippen LogP contribution in [0.1, 0.15) is 69.9 Å². The summed E-state index contributed by atoms with van der Waals surface area (Å²) in [6.07, 6.45) is 1.02. The van der Waals surface area contributed by atoms with Gasteiger partial charge in [-0.1, -0.05) is 52.0 Å². The molecule has 42 heavy (non-hydrogen) atoms. The number of hydrogen-bond donors (Lipinski definition) is 6. The van der Waals surface area contributed by atoms with Crippen molar-refractivity contribution in [1.29, 1.82) is 0 Å². The lowest BCUT2D eigenvalue weighted by Crippen LogP contribution is -2.45. The molecule has 2 aromatic rings. The van der Waals surface area contributed by atoms with Crippen LogP contribution >= 0.6 is 11.8 Å². The third kappa shape index (κ3) is 11.3. The minimum Gasteiger partial charge on any atom is -0.508 e. The Hall–Kier alpha value is -3.73. The van der Waals surface area contributed by atoms with Crippen molar-refractivity contribution in [1.82, 2.24) is 10.6 Å². The van der Waals surface area contributed by atoms with Gasteiger partial charge in [-0.05, 0) is 72.2 Å². The molecule has 2 aromatic carbocycles. The van der Waals surface area contributed by atoms with E-state index in [-0.39, 0.29) is 41.3 Å². The van der Waals surface area contributed by atoms with Gasteiger partial charge >= 0.3 is 11.9 Å². The summed E-state index contributed by atoms with van der Waals surface area (Å²) in [5.74, 6) is -3.80. The molecule has 10 nitrogen and oxygen atoms in total. The monoisotopic (exact) mass is 602 g/mol. The average Bonchev–Trinajstić information content (AvgIpc) is 2.91. The maximum Gasteiger partial charge on any atom is 0.327 e. The zero-order valence-electron chi connectivity index (χ0n) is 24.4. The van der Waals surface area contributed by atoms with Crippen molar-refractivity contribution in [3.63, 3.8) is 0 Å². The number of amides is 2. The number of benzene rings is 2. The fraction of sp³-hybridized carbons (Fsp3) is 0.484. The Balaban J connectivity index is 2.00. The number of carboxylic acids is 2. The number of phenols is 2. The number of phenolic OH excluding ortho intramolecular Hbond substituents is 2. The summed E-state index contributed by atoms with van der Waals surface area (Å²) in [4.78, 5) is 50.1. The average molecular weight is 603 g/mol. The molecule has 0 fully saturated rings. The maximum absolute atomic E-state index is 13.1. The summed E-state index contributed by atoms with van der Waals surface area (Å²) in [5, 5.41) is 43.9. The Morgan fingerprint density at radius 1 is 0.667 bits per heavy atom. The van der Waals surface area contributed by atoms with Crippen molar-refractivity contribution in [3.05, 3.63) is 59.7 Å². The van der Waals surface area contributed by atoms with E-state index in [2.05, 4.69) is 10.6 Å². The molecular formula is C31H42N2O8S. The number of carboxylic acid groups (broad SMARTS) is 2. The molecule has 0 aromatic heterocycles. The number of carbonyl (C=O) groups excluding carboxylic acids is 2. The lowest BCUT2D eigenvalue weighted by Gasteiger charge is -2.23. The van der Waals surface area contributed by atoms with Crippen molar-refractivity contribution >= 4 is 35.5 Å². The summed E-state index contributed by atoms with van der Waals surface area (Å²) < 4.78 is 0. The maximum atomic E-state index is 13.1. The van der Waals surface area contributed by atoms with Crippen LogP contribution in [0.5, 0.6) is 11.5 Å². The van der Waals surface area contributed by atoms with Crippen molar-refractivity contribution in [2.24, 2.45) is 11.8 Å². The van der Waals surface area contributed by atoms with Crippen LogP contribution in [0, 0.1) is 11.8 Å². The smallest absolute Gasteiger partial charge is 0.327 e. The highest BCUT2D eigenvalue weighted by atomic mass is 32.2. The summed E-state index contributed by atoms with van der Waals surface area (Å²) in [6.45, 7) is 7.83. The SMILES string of the molecule is CC(C)C[C@@H](C(=O)N[C@@H](CCSC[C@H](NC(=O)[C@H](CC(C)C)c1ccc(O)cc1)C(=O)O)C(=O)O)c1ccc(O)cc1. The summed E-state index contributed by atoms with van der Waals surface area (Å²) in [6, 6.07) is 10.1. The van der Waals surface area contributed by atoms with Crippen LogP contribution in [0.15, 0.2) is 48.5 Å². The molecule has 230 valence electrons. The highest BCUT2D eigenvalue weighted by molar-refractivity contribution is 7.99. The van der Waals surface area contributed by atoms with Gasteiger partial charge in [-0.3, -0.25) is 9.59 Å². The van der Waals surface area contributed by atoms with Crippen LogP contribution in [0.4, 0.5) is 0 Å². The van der Waals surface area contributed by atoms with Crippen molar-refractivity contribution in [2.45, 2.75) is 70.9 Å². The van der Waals surface area contributed by atoms with Gasteiger partial charge in [-0.25, -0.2) is 9.59 Å². The second-order valence-electron chi connectivity index (χ2n) is 11.2. The minimum atomic E-state index is -1.21. The predicted octanol–water partition coefficient (Wildman–Crippen LogP) is 4.32. The Morgan fingerprint density at radius 2 is 1.05 bits per heavy atom. The van der Waals surface area contributed by atoms with E-state index in [9.17, 15) is 39.6 Å². The molecule has 0 saturated heterocycles. The highest BCUT2D eigenvalue weighted by Crippen LogP contribution is 2.27. The van der Waals surface area contributed by atoms with Crippen LogP contribution in [-0.2, 0) is 19.2 Å². The molecule has 0 bridgehead atoms. The Bertz CT molecular complexity index is 1090. The van der Waals surface area contributed by atoms with E-state index in [1.54, 1.807) is 24.3 Å². The fourth-order valence-electron chi connectivity index (χ4n) is 4.52. The fourth-order valence-corrected chi connectivity index (χ4v) is 5.55. The Morgan fingerprint density at radius 3 is 1.40 bits per heavy atom. The van der Waals surface area contributed by atoms with Crippen LogP contribution < -0.4 is 10.6 Å². The number of aliphatic carboxylic acids is 2. The first-order valence-electron chi connectivity index (χ1n) is 14.0. The number of carbonyl (C=O) groups is 4. The number of aromatic hydroxyl groups is 2. The zero-order chi connectivity index (χ0) is 31.4. The van der Waals surface area contributed by atoms with E-state index < -0.39 is 47.7 Å². The molecule has 2 rings (SSSR count). The molecule has 0 saturated carbocycles. The third-order valence-electron chi connectivity index (χ3n) is 6.70. The quantitative estimate of drug-likeness (QED) is 0.144. The number of nitrogens with one attached hydrogen (secondary N) is 2. The summed E-state index contributed by atoms with van der Waals surface area (Å²) >= 11 is 1.17. The highest BCUT2D eigenvalue weighted by Gasteiger charge is 2.29. The van der Waals surface area contributed by atoms with E-state index in [4.69, 9.17) is 0 Å². The van der Waals surface area contributed by atoms with Crippen LogP contribution in [0.2, 0.25) is 0 Å². The topological polar surface area (TPSA) is 173 Å². The normalized spacial score (nSPS) is 14.1. The van der Waals surface area contributed by atoms with E-state index >= 15 is 0 Å². The van der Waals surface area contributed by atoms with Gasteiger partial charge in [0.25, 0.3) is 0 Å². The van der Waals surface area contributed by atoms with E-state index in [0.717, 1.165) is 0 Å². The molecule has 11 heteroatoms. The van der Waals surface area contributed by atoms with Crippen LogP contribution in [0.3, 0.4) is 0 Å². The molecule has 0 aliphatic rings. The van der Waals surface area contributed by atoms with Gasteiger partial charge in [0.2, 0.25) is 11.8 Å². The second kappa shape index (κ2) is 16.6. The third-order valence-corrected chi connectivity index (χ3v) is 7.80. The molecule has 0 aliphatic heterocycles. The molecule has 0 spiro atoms. The van der Waals surface area contributed by atoms with Gasteiger partial charge in [-0.15, -0.1) is 0 Å². The predicted molar refractivity (Wildman–Crippen MR) is 162 cm³/mol. The van der Waals surface area contributed by atoms with Gasteiger partial charge in [0.05, 0.1) is 11.8 Å². The summed E-state index contributed by atoms with van der Waals surface area (Å²) in [5.41, 5.74) is 1.33. The van der Waals surface area contributed by atoms with Crippen molar-refractivity contribution < 1.29 is 39.6 Å². The number of rotatable bonds is 17. The molecule has 0 radical (unpaired) electrons. The van der Waals surface area contributed by atoms with E-state index in [1.165, 1.54) is 36.0 Å². The van der Waals surface area contributed by atoms with Gasteiger partial charge in [0.15, 0.2) is 0 Å². The van der Waals surface area contributed by atoms with Gasteiger partial charge < -0.3 is 31.1 Å². The number of thioether (sulfide) groups is 1. The zero-order valence-corrected chi connectivity index (χ0v) is 25.3. The van der Waals surface area contributed by atoms with Crippen LogP contribution in [0.25, 0.3) is 0 Å². The standard InChI is InChI=1S/C31H42N2O8S/c1-18(2)15-24(20-5-9-22(34)10-6-20)28(36)32-26(30(38)39)13-14-42-17-27(31(40)41)33-29(37)25(16-19(3)4)21-7-11-23(35)12-8-21/h5-12,18-19,24-27,34-35H,13-17H2,1-4H3,(H,32,36)(H,33,37)(H,38,39)(H,40,41)/t24-,25-,26+,27+/m1/s1. The molecule has 0 unspecified atom stereocenters. The van der Waals surface area contributed by atoms with E-state index in [1.807, 2.05) is 27.7 Å². The van der Waals surface area contributed by atoms with Crippen molar-refractivity contribution in [3.8, 4) is 11.5 Å². The van der Waals surface area contributed by atoms with Gasteiger partial charge in [0, 0.05) is 5.75 Å². The first kappa shape index (κ1) is 34.5. The second-order valence-corrected chi connectivity index (χ2v) is 12.4. The van der Waals surface area contributed by atoms with E-state index in [0.29, 0.717) is 24.0 Å². The number of hydrogen-bond acceptors (Lipinski definition) is 7. The molecule has 6 N–H and O–H groups in total. The minimum absolute atomic E-state index is 0.00875. The summed E-state index contributed by atoms with van der Waals surface area (Å²) in [7, 11) is 0. The Kier molecular flexibility index (Phi) is 13.7. The van der Waals surface area contributed by atoms with Gasteiger partial charge in [0.1, 0.15) is 23.6 Å². The molecule has 4 atom stereocenters. The molecular weight excluding hydrogens is 560 g/mol.